The summed E-state index contributed by atoms with van der Waals surface area (Å²) in [5.41, 5.74) is 0.537. The van der Waals surface area contributed by atoms with E-state index >= 15 is 0 Å². The predicted molar refractivity (Wildman–Crippen MR) is 118 cm³/mol. The van der Waals surface area contributed by atoms with Crippen LogP contribution in [0.25, 0.3) is 0 Å². The molecular weight excluding hydrogens is 478 g/mol. The summed E-state index contributed by atoms with van der Waals surface area (Å²) in [5.74, 6) is -1.11. The predicted octanol–water partition coefficient (Wildman–Crippen LogP) is 3.79. The average Bonchev–Trinajstić information content (AvgIpc) is 3.48. The number of methoxy groups -OCH3 is 2. The molecule has 172 valence electrons. The summed E-state index contributed by atoms with van der Waals surface area (Å²) >= 11 is 1.42. The molecule has 12 nitrogen and oxygen atoms in total. The Morgan fingerprint density at radius 2 is 1.42 bits per heavy atom. The van der Waals surface area contributed by atoms with Gasteiger partial charge in [-0.2, -0.15) is 0 Å². The number of nitrogens with one attached hydrogen (secondary N) is 1. The molecule has 0 bridgehead atoms. The van der Waals surface area contributed by atoms with E-state index in [0.29, 0.717) is 16.9 Å². The topological polar surface area (TPSA) is 160 Å². The minimum atomic E-state index is -0.829. The van der Waals surface area contributed by atoms with Gasteiger partial charge in [0.25, 0.3) is 5.91 Å². The Kier molecular flexibility index (Phi) is 7.20. The zero-order valence-electron chi connectivity index (χ0n) is 17.1. The minimum Gasteiger partial charge on any atom is -0.493 e. The molecule has 0 aliphatic heterocycles. The van der Waals surface area contributed by atoms with Gasteiger partial charge in [-0.1, -0.05) is 22.7 Å². The van der Waals surface area contributed by atoms with Crippen LogP contribution in [0, 0.1) is 20.2 Å². The van der Waals surface area contributed by atoms with E-state index in [-0.39, 0.29) is 43.5 Å². The second kappa shape index (κ2) is 10.1. The fourth-order valence-corrected chi connectivity index (χ4v) is 4.07. The van der Waals surface area contributed by atoms with Gasteiger partial charge in [0.15, 0.2) is 11.5 Å². The molecule has 0 spiro atoms. The third kappa shape index (κ3) is 5.42. The van der Waals surface area contributed by atoms with Gasteiger partial charge in [0.1, 0.15) is 4.88 Å². The summed E-state index contributed by atoms with van der Waals surface area (Å²) in [7, 11) is 2.68. The number of nitrogens with zero attached hydrogens (tertiary/aromatic N) is 2. The van der Waals surface area contributed by atoms with Crippen LogP contribution >= 0.6 is 22.7 Å². The highest BCUT2D eigenvalue weighted by Crippen LogP contribution is 2.39. The van der Waals surface area contributed by atoms with E-state index in [1.807, 2.05) is 0 Å². The largest absolute Gasteiger partial charge is 0.493 e. The number of carbonyl (C=O) groups is 2. The second-order valence-electron chi connectivity index (χ2n) is 6.19. The maximum Gasteiger partial charge on any atom is 0.354 e. The number of amides is 1. The van der Waals surface area contributed by atoms with Crippen molar-refractivity contribution in [3.05, 3.63) is 71.9 Å². The number of rotatable bonds is 9. The van der Waals surface area contributed by atoms with Crippen molar-refractivity contribution in [2.45, 2.75) is 6.54 Å². The molecule has 0 saturated heterocycles. The van der Waals surface area contributed by atoms with Crippen molar-refractivity contribution in [1.29, 1.82) is 0 Å². The van der Waals surface area contributed by atoms with Crippen LogP contribution in [-0.4, -0.2) is 35.9 Å². The van der Waals surface area contributed by atoms with Crippen molar-refractivity contribution in [3.63, 3.8) is 0 Å². The summed E-state index contributed by atoms with van der Waals surface area (Å²) in [6, 6.07) is 8.11. The molecule has 1 N–H and O–H groups in total. The van der Waals surface area contributed by atoms with Crippen LogP contribution in [0.2, 0.25) is 0 Å². The Bertz CT molecular complexity index is 1210. The molecule has 14 heteroatoms. The van der Waals surface area contributed by atoms with Crippen molar-refractivity contribution in [1.82, 2.24) is 5.32 Å². The maximum absolute atomic E-state index is 12.4. The van der Waals surface area contributed by atoms with Crippen molar-refractivity contribution < 1.29 is 33.6 Å². The van der Waals surface area contributed by atoms with E-state index in [4.69, 9.17) is 14.2 Å². The van der Waals surface area contributed by atoms with Crippen LogP contribution < -0.4 is 19.5 Å². The fourth-order valence-electron chi connectivity index (χ4n) is 2.63. The molecular formula is C19H15N3O9S2. The lowest BCUT2D eigenvalue weighted by atomic mass is 10.1. The van der Waals surface area contributed by atoms with Crippen molar-refractivity contribution in [3.8, 4) is 17.2 Å². The first kappa shape index (κ1) is 23.6. The highest BCUT2D eigenvalue weighted by molar-refractivity contribution is 7.17. The molecule has 0 radical (unpaired) electrons. The number of esters is 1. The van der Waals surface area contributed by atoms with Gasteiger partial charge in [-0.15, -0.1) is 0 Å². The fraction of sp³-hybridized carbons (Fsp3) is 0.158. The van der Waals surface area contributed by atoms with Crippen molar-refractivity contribution in [2.75, 3.05) is 14.2 Å². The lowest BCUT2D eigenvalue weighted by molar-refractivity contribution is -0.380. The van der Waals surface area contributed by atoms with E-state index in [0.717, 1.165) is 11.3 Å². The first-order valence-electron chi connectivity index (χ1n) is 8.97. The van der Waals surface area contributed by atoms with E-state index in [1.54, 1.807) is 0 Å². The number of carbonyl (C=O) groups excluding carboxylic acids is 2. The Morgan fingerprint density at radius 3 is 1.91 bits per heavy atom. The third-order valence-corrected chi connectivity index (χ3v) is 6.19. The molecule has 0 atom stereocenters. The standard InChI is InChI=1S/C19H15N3O9S2/c1-29-11-7-10(9-20-18(23)13-3-5-15(32-13)21(25)26)8-12(30-2)17(11)31-19(24)14-4-6-16(33-14)22(27)28/h3-8H,9H2,1-2H3,(H,20,23). The molecule has 3 aromatic rings. The van der Waals surface area contributed by atoms with Crippen molar-refractivity contribution >= 4 is 44.6 Å². The number of hydrogen-bond acceptors (Lipinski definition) is 11. The second-order valence-corrected chi connectivity index (χ2v) is 8.32. The zero-order chi connectivity index (χ0) is 24.1. The van der Waals surface area contributed by atoms with Gasteiger partial charge in [-0.3, -0.25) is 25.0 Å². The molecule has 2 heterocycles. The van der Waals surface area contributed by atoms with Gasteiger partial charge in [0, 0.05) is 18.7 Å². The minimum absolute atomic E-state index is 0.0205. The van der Waals surface area contributed by atoms with Gasteiger partial charge < -0.3 is 19.5 Å². The molecule has 1 aromatic carbocycles. The van der Waals surface area contributed by atoms with Crippen LogP contribution in [0.15, 0.2) is 36.4 Å². The molecule has 0 unspecified atom stereocenters. The highest BCUT2D eigenvalue weighted by Gasteiger charge is 2.22. The summed E-state index contributed by atoms with van der Waals surface area (Å²) in [4.78, 5) is 45.3. The lowest BCUT2D eigenvalue weighted by Gasteiger charge is -2.15. The van der Waals surface area contributed by atoms with Crippen molar-refractivity contribution in [2.24, 2.45) is 0 Å². The molecule has 2 aromatic heterocycles. The van der Waals surface area contributed by atoms with Crippen LogP contribution in [0.5, 0.6) is 17.2 Å². The normalized spacial score (nSPS) is 10.4. The quantitative estimate of drug-likeness (QED) is 0.202. The first-order valence-corrected chi connectivity index (χ1v) is 10.6. The molecule has 3 rings (SSSR count). The molecule has 0 aliphatic rings. The number of ether oxygens (including phenoxy) is 3. The van der Waals surface area contributed by atoms with E-state index in [1.165, 1.54) is 50.6 Å². The van der Waals surface area contributed by atoms with Gasteiger partial charge >= 0.3 is 16.0 Å². The molecule has 33 heavy (non-hydrogen) atoms. The SMILES string of the molecule is COc1cc(CNC(=O)c2ccc([N+](=O)[O-])s2)cc(OC)c1OC(=O)c1ccc([N+](=O)[O-])s1. The number of thiophene rings is 2. The summed E-state index contributed by atoms with van der Waals surface area (Å²) in [6.45, 7) is 0.0304. The lowest BCUT2D eigenvalue weighted by Crippen LogP contribution is -2.21. The van der Waals surface area contributed by atoms with Crippen LogP contribution in [0.3, 0.4) is 0 Å². The molecule has 0 aliphatic carbocycles. The van der Waals surface area contributed by atoms with E-state index < -0.39 is 21.7 Å². The van der Waals surface area contributed by atoms with Gasteiger partial charge in [-0.25, -0.2) is 4.79 Å². The zero-order valence-corrected chi connectivity index (χ0v) is 18.7. The van der Waals surface area contributed by atoms with Gasteiger partial charge in [0.05, 0.1) is 28.9 Å². The van der Waals surface area contributed by atoms with Crippen LogP contribution in [0.4, 0.5) is 10.0 Å². The average molecular weight is 493 g/mol. The number of nitro groups is 2. The Hall–Kier alpha value is -4.04. The maximum atomic E-state index is 12.4. The third-order valence-electron chi connectivity index (χ3n) is 4.14. The summed E-state index contributed by atoms with van der Waals surface area (Å²) in [5, 5.41) is 23.9. The van der Waals surface area contributed by atoms with Gasteiger partial charge in [-0.05, 0) is 29.8 Å². The number of hydrogen-bond donors (Lipinski definition) is 1. The van der Waals surface area contributed by atoms with Gasteiger partial charge in [0.2, 0.25) is 5.75 Å². The summed E-state index contributed by atoms with van der Waals surface area (Å²) in [6.07, 6.45) is 0. The van der Waals surface area contributed by atoms with Crippen LogP contribution in [0.1, 0.15) is 24.9 Å². The molecule has 0 fully saturated rings. The molecule has 1 amide bonds. The Morgan fingerprint density at radius 1 is 0.909 bits per heavy atom. The Balaban J connectivity index is 1.77. The van der Waals surface area contributed by atoms with Crippen LogP contribution in [-0.2, 0) is 6.54 Å². The molecule has 0 saturated carbocycles. The highest BCUT2D eigenvalue weighted by atomic mass is 32.1. The Labute approximate surface area is 193 Å². The van der Waals surface area contributed by atoms with E-state index in [2.05, 4.69) is 5.32 Å². The first-order chi connectivity index (χ1) is 15.7. The number of benzene rings is 1. The van der Waals surface area contributed by atoms with E-state index in [9.17, 15) is 29.8 Å². The monoisotopic (exact) mass is 493 g/mol. The smallest absolute Gasteiger partial charge is 0.354 e. The summed E-state index contributed by atoms with van der Waals surface area (Å²) < 4.78 is 15.9.